The number of fused-ring (bicyclic) bond motifs is 1. The quantitative estimate of drug-likeness (QED) is 0.254. The number of benzene rings is 2. The molecule has 0 unspecified atom stereocenters. The summed E-state index contributed by atoms with van der Waals surface area (Å²) in [6, 6.07) is 8.61. The minimum absolute atomic E-state index is 0.0743. The Kier molecular flexibility index (Phi) is 4.12. The minimum Gasteiger partial charge on any atom is -0.506 e. The molecular formula is C16H10ClN3O5. The van der Waals surface area contributed by atoms with E-state index >= 15 is 0 Å². The highest BCUT2D eigenvalue weighted by Crippen LogP contribution is 2.35. The molecule has 9 heteroatoms. The minimum atomic E-state index is -0.721. The number of amides is 2. The third-order valence-corrected chi connectivity index (χ3v) is 3.87. The van der Waals surface area contributed by atoms with Crippen LogP contribution in [0.4, 0.5) is 11.4 Å². The van der Waals surface area contributed by atoms with E-state index in [9.17, 15) is 24.8 Å². The smallest absolute Gasteiger partial charge is 0.291 e. The van der Waals surface area contributed by atoms with Gasteiger partial charge in [-0.3, -0.25) is 25.0 Å². The third kappa shape index (κ3) is 3.02. The van der Waals surface area contributed by atoms with Crippen LogP contribution < -0.4 is 10.6 Å². The number of imide groups is 1. The van der Waals surface area contributed by atoms with Crippen LogP contribution in [0.2, 0.25) is 5.02 Å². The molecule has 0 aromatic heterocycles. The lowest BCUT2D eigenvalue weighted by Gasteiger charge is -2.18. The van der Waals surface area contributed by atoms with Gasteiger partial charge in [-0.1, -0.05) is 29.8 Å². The molecule has 0 aliphatic carbocycles. The summed E-state index contributed by atoms with van der Waals surface area (Å²) in [7, 11) is 0. The number of phenolic OH excluding ortho intramolecular Hbond substituents is 1. The van der Waals surface area contributed by atoms with Crippen LogP contribution in [0.15, 0.2) is 42.6 Å². The second kappa shape index (κ2) is 6.25. The summed E-state index contributed by atoms with van der Waals surface area (Å²) >= 11 is 5.81. The number of hydrogen-bond donors (Lipinski definition) is 3. The van der Waals surface area contributed by atoms with Gasteiger partial charge in [0.15, 0.2) is 0 Å². The number of phenols is 1. The first kappa shape index (κ1) is 16.5. The molecule has 0 fully saturated rings. The fourth-order valence-corrected chi connectivity index (χ4v) is 2.61. The maximum atomic E-state index is 12.1. The molecule has 3 N–H and O–H groups in total. The Morgan fingerprint density at radius 2 is 1.84 bits per heavy atom. The lowest BCUT2D eigenvalue weighted by atomic mass is 9.96. The van der Waals surface area contributed by atoms with Crippen LogP contribution in [0.1, 0.15) is 15.9 Å². The van der Waals surface area contributed by atoms with Gasteiger partial charge in [0.1, 0.15) is 10.8 Å². The second-order valence-electron chi connectivity index (χ2n) is 5.11. The second-order valence-corrected chi connectivity index (χ2v) is 5.52. The standard InChI is InChI=1S/C16H10ClN3O5/c17-11-5-12(14(21)6-13(11)20(24)25)18-7-10-8-3-1-2-4-9(8)15(22)19-16(10)23/h1-7,18,21H,(H,19,22,23). The van der Waals surface area contributed by atoms with Crippen molar-refractivity contribution in [3.8, 4) is 5.75 Å². The molecule has 126 valence electrons. The van der Waals surface area contributed by atoms with E-state index < -0.39 is 28.2 Å². The Morgan fingerprint density at radius 1 is 1.16 bits per heavy atom. The summed E-state index contributed by atoms with van der Waals surface area (Å²) in [6.45, 7) is 0. The first-order valence-corrected chi connectivity index (χ1v) is 7.35. The lowest BCUT2D eigenvalue weighted by Crippen LogP contribution is -2.36. The molecule has 8 nitrogen and oxygen atoms in total. The summed E-state index contributed by atoms with van der Waals surface area (Å²) in [5, 5.41) is 25.4. The van der Waals surface area contributed by atoms with E-state index in [-0.39, 0.29) is 16.3 Å². The molecule has 2 aromatic rings. The van der Waals surface area contributed by atoms with Crippen LogP contribution >= 0.6 is 11.6 Å². The van der Waals surface area contributed by atoms with Gasteiger partial charge in [0.2, 0.25) is 0 Å². The molecule has 0 saturated carbocycles. The Morgan fingerprint density at radius 3 is 2.52 bits per heavy atom. The van der Waals surface area contributed by atoms with Gasteiger partial charge in [0.05, 0.1) is 22.3 Å². The summed E-state index contributed by atoms with van der Waals surface area (Å²) in [4.78, 5) is 34.0. The van der Waals surface area contributed by atoms with Crippen molar-refractivity contribution in [3.05, 3.63) is 68.9 Å². The normalized spacial score (nSPS) is 14.8. The van der Waals surface area contributed by atoms with Gasteiger partial charge in [0, 0.05) is 17.3 Å². The topological polar surface area (TPSA) is 122 Å². The summed E-state index contributed by atoms with van der Waals surface area (Å²) in [5.41, 5.74) is 0.565. The number of nitro benzene ring substituents is 1. The molecule has 0 bridgehead atoms. The van der Waals surface area contributed by atoms with Crippen molar-refractivity contribution in [1.29, 1.82) is 0 Å². The number of anilines is 1. The maximum absolute atomic E-state index is 12.1. The van der Waals surface area contributed by atoms with Crippen molar-refractivity contribution in [3.63, 3.8) is 0 Å². The molecule has 25 heavy (non-hydrogen) atoms. The first-order chi connectivity index (χ1) is 11.9. The van der Waals surface area contributed by atoms with Gasteiger partial charge in [-0.05, 0) is 12.1 Å². The summed E-state index contributed by atoms with van der Waals surface area (Å²) < 4.78 is 0. The first-order valence-electron chi connectivity index (χ1n) is 6.97. The van der Waals surface area contributed by atoms with E-state index in [1.165, 1.54) is 12.3 Å². The number of halogens is 1. The van der Waals surface area contributed by atoms with E-state index in [1.807, 2.05) is 0 Å². The van der Waals surface area contributed by atoms with Crippen molar-refractivity contribution in [2.75, 3.05) is 5.32 Å². The maximum Gasteiger partial charge on any atom is 0.291 e. The van der Waals surface area contributed by atoms with E-state index in [0.717, 1.165) is 6.07 Å². The molecular weight excluding hydrogens is 350 g/mol. The van der Waals surface area contributed by atoms with Crippen LogP contribution in [0, 0.1) is 10.1 Å². The predicted octanol–water partition coefficient (Wildman–Crippen LogP) is 2.68. The fourth-order valence-electron chi connectivity index (χ4n) is 2.38. The number of nitrogens with one attached hydrogen (secondary N) is 2. The van der Waals surface area contributed by atoms with Crippen LogP contribution in [0.5, 0.6) is 5.75 Å². The van der Waals surface area contributed by atoms with Crippen molar-refractivity contribution in [2.45, 2.75) is 0 Å². The van der Waals surface area contributed by atoms with Crippen LogP contribution in [0.3, 0.4) is 0 Å². The molecule has 1 aliphatic heterocycles. The van der Waals surface area contributed by atoms with Crippen LogP contribution in [-0.2, 0) is 4.79 Å². The average Bonchev–Trinajstić information content (AvgIpc) is 2.57. The Labute approximate surface area is 145 Å². The monoisotopic (exact) mass is 359 g/mol. The Balaban J connectivity index is 1.99. The number of aromatic hydroxyl groups is 1. The van der Waals surface area contributed by atoms with Crippen LogP contribution in [0.25, 0.3) is 5.57 Å². The molecule has 0 atom stereocenters. The number of nitro groups is 1. The van der Waals surface area contributed by atoms with Crippen molar-refractivity contribution in [1.82, 2.24) is 5.32 Å². The highest BCUT2D eigenvalue weighted by Gasteiger charge is 2.26. The van der Waals surface area contributed by atoms with Crippen LogP contribution in [-0.4, -0.2) is 21.8 Å². The van der Waals surface area contributed by atoms with E-state index in [2.05, 4.69) is 10.6 Å². The number of nitrogens with zero attached hydrogens (tertiary/aromatic N) is 1. The summed E-state index contributed by atoms with van der Waals surface area (Å²) in [6.07, 6.45) is 1.29. The molecule has 0 saturated heterocycles. The number of hydrogen-bond acceptors (Lipinski definition) is 6. The highest BCUT2D eigenvalue weighted by molar-refractivity contribution is 6.33. The Bertz CT molecular complexity index is 955. The van der Waals surface area contributed by atoms with Gasteiger partial charge >= 0.3 is 0 Å². The van der Waals surface area contributed by atoms with Gasteiger partial charge in [-0.25, -0.2) is 0 Å². The van der Waals surface area contributed by atoms with Gasteiger partial charge < -0.3 is 10.4 Å². The van der Waals surface area contributed by atoms with Crippen molar-refractivity contribution < 1.29 is 19.6 Å². The van der Waals surface area contributed by atoms with E-state index in [4.69, 9.17) is 11.6 Å². The Hall–Kier alpha value is -3.39. The largest absolute Gasteiger partial charge is 0.506 e. The van der Waals surface area contributed by atoms with E-state index in [1.54, 1.807) is 24.3 Å². The molecule has 0 radical (unpaired) electrons. The zero-order chi connectivity index (χ0) is 18.1. The molecule has 2 aromatic carbocycles. The highest BCUT2D eigenvalue weighted by atomic mass is 35.5. The van der Waals surface area contributed by atoms with Gasteiger partial charge in [-0.2, -0.15) is 0 Å². The van der Waals surface area contributed by atoms with Gasteiger partial charge in [0.25, 0.3) is 17.5 Å². The summed E-state index contributed by atoms with van der Waals surface area (Å²) in [5.74, 6) is -1.52. The zero-order valence-electron chi connectivity index (χ0n) is 12.4. The average molecular weight is 360 g/mol. The predicted molar refractivity (Wildman–Crippen MR) is 90.3 cm³/mol. The van der Waals surface area contributed by atoms with E-state index in [0.29, 0.717) is 11.1 Å². The molecule has 2 amide bonds. The third-order valence-electron chi connectivity index (χ3n) is 3.57. The van der Waals surface area contributed by atoms with Crippen molar-refractivity contribution >= 4 is 40.4 Å². The molecule has 1 heterocycles. The lowest BCUT2D eigenvalue weighted by molar-refractivity contribution is -0.384. The number of carbonyl (C=O) groups is 2. The molecule has 3 rings (SSSR count). The molecule has 1 aliphatic rings. The van der Waals surface area contributed by atoms with Crippen molar-refractivity contribution in [2.24, 2.45) is 0 Å². The zero-order valence-corrected chi connectivity index (χ0v) is 13.2. The SMILES string of the molecule is O=C1NC(=O)c2ccccc2C1=CNc1cc(Cl)c([N+](=O)[O-])cc1O. The number of rotatable bonds is 3. The van der Waals surface area contributed by atoms with Gasteiger partial charge in [-0.15, -0.1) is 0 Å². The fraction of sp³-hybridized carbons (Fsp3) is 0. The number of carbonyl (C=O) groups excluding carboxylic acids is 2. The molecule has 0 spiro atoms.